The van der Waals surface area contributed by atoms with Crippen molar-refractivity contribution in [2.75, 3.05) is 27.3 Å². The zero-order valence-corrected chi connectivity index (χ0v) is 14.2. The highest BCUT2D eigenvalue weighted by Gasteiger charge is 2.24. The van der Waals surface area contributed by atoms with Crippen molar-refractivity contribution in [2.45, 2.75) is 26.0 Å². The highest BCUT2D eigenvalue weighted by molar-refractivity contribution is 7.20. The van der Waals surface area contributed by atoms with Crippen LogP contribution in [0.3, 0.4) is 0 Å². The van der Waals surface area contributed by atoms with Crippen LogP contribution in [0.25, 0.3) is 10.2 Å². The molecule has 1 amide bonds. The Hall–Kier alpha value is -1.77. The molecule has 3 heterocycles. The first-order chi connectivity index (χ1) is 11.1. The van der Waals surface area contributed by atoms with Gasteiger partial charge in [-0.25, -0.2) is 4.98 Å². The normalized spacial score (nSPS) is 17.6. The van der Waals surface area contributed by atoms with Crippen LogP contribution in [0.2, 0.25) is 0 Å². The first kappa shape index (κ1) is 16.1. The number of fused-ring (bicyclic) bond motifs is 1. The smallest absolute Gasteiger partial charge is 0.261 e. The molecule has 0 radical (unpaired) electrons. The van der Waals surface area contributed by atoms with Gasteiger partial charge in [-0.1, -0.05) is 0 Å². The van der Waals surface area contributed by atoms with E-state index < -0.39 is 0 Å². The molecular formula is C15H20N4O3S. The van der Waals surface area contributed by atoms with E-state index in [0.29, 0.717) is 23.2 Å². The number of methoxy groups -OCH3 is 2. The minimum atomic E-state index is -0.0606. The molecule has 2 aromatic heterocycles. The second kappa shape index (κ2) is 6.77. The molecular weight excluding hydrogens is 316 g/mol. The SMILES string of the molecule is COCc1nc(OC)c2c(C)c(C(=O)NC3CCNC3)sc2n1. The van der Waals surface area contributed by atoms with Crippen molar-refractivity contribution in [3.05, 3.63) is 16.3 Å². The van der Waals surface area contributed by atoms with Crippen LogP contribution >= 0.6 is 11.3 Å². The first-order valence-electron chi connectivity index (χ1n) is 7.48. The Balaban J connectivity index is 1.97. The van der Waals surface area contributed by atoms with Crippen molar-refractivity contribution in [1.29, 1.82) is 0 Å². The van der Waals surface area contributed by atoms with E-state index in [1.54, 1.807) is 14.2 Å². The minimum Gasteiger partial charge on any atom is -0.480 e. The van der Waals surface area contributed by atoms with Crippen molar-refractivity contribution in [1.82, 2.24) is 20.6 Å². The second-order valence-corrected chi connectivity index (χ2v) is 6.48. The van der Waals surface area contributed by atoms with E-state index in [9.17, 15) is 4.79 Å². The number of hydrogen-bond acceptors (Lipinski definition) is 7. The van der Waals surface area contributed by atoms with E-state index >= 15 is 0 Å². The van der Waals surface area contributed by atoms with Crippen LogP contribution < -0.4 is 15.4 Å². The Labute approximate surface area is 138 Å². The number of hydrogen-bond donors (Lipinski definition) is 2. The molecule has 0 bridgehead atoms. The number of carbonyl (C=O) groups excluding carboxylic acids is 1. The molecule has 0 aromatic carbocycles. The summed E-state index contributed by atoms with van der Waals surface area (Å²) in [5.74, 6) is 0.969. The van der Waals surface area contributed by atoms with Crippen LogP contribution in [0, 0.1) is 6.92 Å². The first-order valence-corrected chi connectivity index (χ1v) is 8.30. The van der Waals surface area contributed by atoms with Crippen molar-refractivity contribution >= 4 is 27.5 Å². The predicted molar refractivity (Wildman–Crippen MR) is 88.2 cm³/mol. The van der Waals surface area contributed by atoms with E-state index in [4.69, 9.17) is 9.47 Å². The summed E-state index contributed by atoms with van der Waals surface area (Å²) in [7, 11) is 3.16. The average Bonchev–Trinajstić information content (AvgIpc) is 3.15. The molecule has 1 fully saturated rings. The summed E-state index contributed by atoms with van der Waals surface area (Å²) < 4.78 is 10.5. The highest BCUT2D eigenvalue weighted by Crippen LogP contribution is 2.35. The van der Waals surface area contributed by atoms with Gasteiger partial charge in [0.1, 0.15) is 11.4 Å². The summed E-state index contributed by atoms with van der Waals surface area (Å²) in [5.41, 5.74) is 0.856. The lowest BCUT2D eigenvalue weighted by Gasteiger charge is -2.10. The van der Waals surface area contributed by atoms with E-state index in [1.165, 1.54) is 11.3 Å². The number of rotatable bonds is 5. The van der Waals surface area contributed by atoms with Gasteiger partial charge >= 0.3 is 0 Å². The molecule has 0 aliphatic carbocycles. The lowest BCUT2D eigenvalue weighted by atomic mass is 10.2. The van der Waals surface area contributed by atoms with Gasteiger partial charge in [0.25, 0.3) is 5.91 Å². The lowest BCUT2D eigenvalue weighted by molar-refractivity contribution is 0.0943. The van der Waals surface area contributed by atoms with Crippen molar-refractivity contribution < 1.29 is 14.3 Å². The molecule has 23 heavy (non-hydrogen) atoms. The molecule has 8 heteroatoms. The van der Waals surface area contributed by atoms with Crippen LogP contribution in [-0.4, -0.2) is 49.2 Å². The quantitative estimate of drug-likeness (QED) is 0.855. The Bertz CT molecular complexity index is 725. The Morgan fingerprint density at radius 3 is 2.91 bits per heavy atom. The van der Waals surface area contributed by atoms with Crippen LogP contribution in [0.5, 0.6) is 5.88 Å². The van der Waals surface area contributed by atoms with Gasteiger partial charge in [-0.3, -0.25) is 4.79 Å². The average molecular weight is 336 g/mol. The van der Waals surface area contributed by atoms with Gasteiger partial charge in [0.15, 0.2) is 5.82 Å². The number of nitrogens with zero attached hydrogens (tertiary/aromatic N) is 2. The van der Waals surface area contributed by atoms with Gasteiger partial charge in [-0.2, -0.15) is 4.98 Å². The summed E-state index contributed by atoms with van der Waals surface area (Å²) in [6, 6.07) is 0.184. The topological polar surface area (TPSA) is 85.4 Å². The maximum atomic E-state index is 12.6. The molecule has 1 unspecified atom stereocenters. The molecule has 1 aliphatic heterocycles. The summed E-state index contributed by atoms with van der Waals surface area (Å²) in [6.45, 7) is 3.97. The van der Waals surface area contributed by atoms with Crippen LogP contribution in [0.1, 0.15) is 27.5 Å². The molecule has 2 aromatic rings. The lowest BCUT2D eigenvalue weighted by Crippen LogP contribution is -2.36. The maximum Gasteiger partial charge on any atom is 0.261 e. The van der Waals surface area contributed by atoms with Gasteiger partial charge in [0.2, 0.25) is 5.88 Å². The molecule has 124 valence electrons. The van der Waals surface area contributed by atoms with Crippen molar-refractivity contribution in [2.24, 2.45) is 0 Å². The number of aromatic nitrogens is 2. The number of aryl methyl sites for hydroxylation is 1. The van der Waals surface area contributed by atoms with E-state index in [0.717, 1.165) is 35.3 Å². The van der Waals surface area contributed by atoms with E-state index in [2.05, 4.69) is 20.6 Å². The van der Waals surface area contributed by atoms with Crippen LogP contribution in [-0.2, 0) is 11.3 Å². The minimum absolute atomic E-state index is 0.0606. The molecule has 1 aliphatic rings. The number of ether oxygens (including phenoxy) is 2. The summed E-state index contributed by atoms with van der Waals surface area (Å²) in [6.07, 6.45) is 0.955. The third kappa shape index (κ3) is 3.15. The monoisotopic (exact) mass is 336 g/mol. The highest BCUT2D eigenvalue weighted by atomic mass is 32.1. The fourth-order valence-electron chi connectivity index (χ4n) is 2.73. The number of thiophene rings is 1. The fraction of sp³-hybridized carbons (Fsp3) is 0.533. The molecule has 2 N–H and O–H groups in total. The Morgan fingerprint density at radius 1 is 1.43 bits per heavy atom. The third-order valence-corrected chi connectivity index (χ3v) is 5.06. The summed E-state index contributed by atoms with van der Waals surface area (Å²) in [4.78, 5) is 22.8. The zero-order chi connectivity index (χ0) is 16.4. The van der Waals surface area contributed by atoms with Gasteiger partial charge in [-0.15, -0.1) is 11.3 Å². The fourth-order valence-corrected chi connectivity index (χ4v) is 3.82. The molecule has 1 saturated heterocycles. The van der Waals surface area contributed by atoms with Crippen LogP contribution in [0.15, 0.2) is 0 Å². The Kier molecular flexibility index (Phi) is 4.74. The van der Waals surface area contributed by atoms with Gasteiger partial charge < -0.3 is 20.1 Å². The second-order valence-electron chi connectivity index (χ2n) is 5.48. The van der Waals surface area contributed by atoms with Crippen molar-refractivity contribution in [3.8, 4) is 5.88 Å². The van der Waals surface area contributed by atoms with Gasteiger partial charge in [-0.05, 0) is 25.5 Å². The maximum absolute atomic E-state index is 12.6. The molecule has 0 spiro atoms. The molecule has 0 saturated carbocycles. The molecule has 7 nitrogen and oxygen atoms in total. The summed E-state index contributed by atoms with van der Waals surface area (Å²) >= 11 is 1.37. The Morgan fingerprint density at radius 2 is 2.26 bits per heavy atom. The predicted octanol–water partition coefficient (Wildman–Crippen LogP) is 1.25. The standard InChI is InChI=1S/C15H20N4O3S/c1-8-11-14(22-3)18-10(7-21-2)19-15(11)23-12(8)13(20)17-9-4-5-16-6-9/h9,16H,4-7H2,1-3H3,(H,17,20). The molecule has 3 rings (SSSR count). The number of nitrogens with one attached hydrogen (secondary N) is 2. The summed E-state index contributed by atoms with van der Waals surface area (Å²) in [5, 5.41) is 7.11. The number of carbonyl (C=O) groups is 1. The number of amides is 1. The third-order valence-electron chi connectivity index (χ3n) is 3.87. The van der Waals surface area contributed by atoms with Crippen molar-refractivity contribution in [3.63, 3.8) is 0 Å². The zero-order valence-electron chi connectivity index (χ0n) is 13.4. The van der Waals surface area contributed by atoms with Crippen LogP contribution in [0.4, 0.5) is 0 Å². The largest absolute Gasteiger partial charge is 0.480 e. The van der Waals surface area contributed by atoms with E-state index in [-0.39, 0.29) is 11.9 Å². The van der Waals surface area contributed by atoms with Gasteiger partial charge in [0, 0.05) is 19.7 Å². The van der Waals surface area contributed by atoms with Gasteiger partial charge in [0.05, 0.1) is 17.4 Å². The molecule has 1 atom stereocenters. The van der Waals surface area contributed by atoms with E-state index in [1.807, 2.05) is 6.92 Å².